The highest BCUT2D eigenvalue weighted by Crippen LogP contribution is 2.37. The lowest BCUT2D eigenvalue weighted by Crippen LogP contribution is -2.50. The Bertz CT molecular complexity index is 1120. The first-order valence-corrected chi connectivity index (χ1v) is 9.77. The Kier molecular flexibility index (Phi) is 4.92. The quantitative estimate of drug-likeness (QED) is 0.683. The van der Waals surface area contributed by atoms with Crippen molar-refractivity contribution in [2.75, 3.05) is 25.0 Å². The van der Waals surface area contributed by atoms with Crippen molar-refractivity contribution < 1.29 is 14.0 Å². The number of fused-ring (bicyclic) bond motifs is 1. The van der Waals surface area contributed by atoms with Crippen LogP contribution in [-0.4, -0.2) is 62.8 Å². The molecule has 1 fully saturated rings. The Morgan fingerprint density at radius 1 is 1.37 bits per heavy atom. The molecule has 10 heteroatoms. The number of rotatable bonds is 3. The van der Waals surface area contributed by atoms with Crippen molar-refractivity contribution in [1.82, 2.24) is 24.6 Å². The number of benzene rings is 1. The van der Waals surface area contributed by atoms with Crippen LogP contribution in [0.4, 0.5) is 14.9 Å². The van der Waals surface area contributed by atoms with Crippen LogP contribution in [0.1, 0.15) is 34.5 Å². The number of aromatic amines is 1. The van der Waals surface area contributed by atoms with E-state index in [4.69, 9.17) is 5.73 Å². The molecule has 0 bridgehead atoms. The summed E-state index contributed by atoms with van der Waals surface area (Å²) < 4.78 is 16.4. The smallest absolute Gasteiger partial charge is 0.346 e. The number of likely N-dealkylation sites (N-methyl/N-ethyl adjacent to an activating group) is 1. The zero-order valence-corrected chi connectivity index (χ0v) is 17.1. The molecule has 30 heavy (non-hydrogen) atoms. The van der Waals surface area contributed by atoms with Gasteiger partial charge in [-0.15, -0.1) is 0 Å². The van der Waals surface area contributed by atoms with Crippen LogP contribution in [0.2, 0.25) is 0 Å². The second-order valence-electron chi connectivity index (χ2n) is 7.72. The lowest BCUT2D eigenvalue weighted by Gasteiger charge is -2.39. The van der Waals surface area contributed by atoms with Crippen LogP contribution in [0.5, 0.6) is 0 Å². The zero-order chi connectivity index (χ0) is 21.6. The predicted octanol–water partition coefficient (Wildman–Crippen LogP) is 2.18. The first kappa shape index (κ1) is 19.9. The number of hydrogen-bond donors (Lipinski definition) is 2. The first-order chi connectivity index (χ1) is 14.3. The third-order valence-corrected chi connectivity index (χ3v) is 5.95. The number of hydrogen-bond acceptors (Lipinski definition) is 5. The van der Waals surface area contributed by atoms with Crippen LogP contribution in [0.15, 0.2) is 18.7 Å². The topological polar surface area (TPSA) is 113 Å². The number of piperidine rings is 1. The molecule has 0 spiro atoms. The van der Waals surface area contributed by atoms with Gasteiger partial charge in [-0.3, -0.25) is 4.79 Å². The van der Waals surface area contributed by atoms with E-state index < -0.39 is 11.7 Å². The molecule has 2 amide bonds. The molecule has 1 aliphatic heterocycles. The summed E-state index contributed by atoms with van der Waals surface area (Å²) in [6.45, 7) is 4.88. The highest BCUT2D eigenvalue weighted by atomic mass is 19.1. The number of nitrogens with one attached hydrogen (secondary N) is 1. The molecule has 0 saturated carbocycles. The Balaban J connectivity index is 1.72. The lowest BCUT2D eigenvalue weighted by molar-refractivity contribution is 0.100. The van der Waals surface area contributed by atoms with Gasteiger partial charge < -0.3 is 20.5 Å². The van der Waals surface area contributed by atoms with E-state index in [9.17, 15) is 9.59 Å². The lowest BCUT2D eigenvalue weighted by atomic mass is 10.00. The number of primary amides is 1. The minimum absolute atomic E-state index is 0.124. The van der Waals surface area contributed by atoms with Crippen molar-refractivity contribution in [3.05, 3.63) is 41.4 Å². The van der Waals surface area contributed by atoms with Gasteiger partial charge in [0.15, 0.2) is 0 Å². The molecule has 3 heterocycles. The fourth-order valence-electron chi connectivity index (χ4n) is 4.21. The van der Waals surface area contributed by atoms with Crippen molar-refractivity contribution in [2.45, 2.75) is 32.7 Å². The first-order valence-electron chi connectivity index (χ1n) is 9.77. The summed E-state index contributed by atoms with van der Waals surface area (Å²) >= 11 is 0. The molecule has 1 atom stereocenters. The average molecular weight is 413 g/mol. The summed E-state index contributed by atoms with van der Waals surface area (Å²) in [5.74, 6) is -1.18. The van der Waals surface area contributed by atoms with E-state index in [1.54, 1.807) is 11.9 Å². The van der Waals surface area contributed by atoms with Crippen molar-refractivity contribution in [1.29, 1.82) is 0 Å². The molecule has 1 saturated heterocycles. The maximum atomic E-state index is 15.3. The van der Waals surface area contributed by atoms with Crippen molar-refractivity contribution in [3.63, 3.8) is 0 Å². The van der Waals surface area contributed by atoms with Gasteiger partial charge in [-0.25, -0.2) is 14.2 Å². The van der Waals surface area contributed by atoms with Crippen molar-refractivity contribution >= 4 is 28.5 Å². The van der Waals surface area contributed by atoms with Gasteiger partial charge in [-0.1, -0.05) is 0 Å². The molecule has 0 radical (unpaired) electrons. The van der Waals surface area contributed by atoms with E-state index in [-0.39, 0.29) is 17.6 Å². The molecule has 3 N–H and O–H groups in total. The molecule has 9 nitrogen and oxygen atoms in total. The van der Waals surface area contributed by atoms with E-state index >= 15 is 4.39 Å². The van der Waals surface area contributed by atoms with Crippen LogP contribution >= 0.6 is 0 Å². The standard InChI is InChI=1S/C20H24FN7O2/c1-11-12(2)25-17-14(19(22)29)7-15(21)18(16(11)17)27-6-4-5-13(8-27)26(3)20(30)28-10-23-9-24-28/h7,9-10,13,25H,4-6,8H2,1-3H3,(H2,22,29). The van der Waals surface area contributed by atoms with Crippen LogP contribution in [0.25, 0.3) is 10.9 Å². The number of carbonyl (C=O) groups is 2. The fraction of sp³-hybridized carbons (Fsp3) is 0.400. The summed E-state index contributed by atoms with van der Waals surface area (Å²) in [7, 11) is 1.71. The Morgan fingerprint density at radius 3 is 2.80 bits per heavy atom. The Hall–Kier alpha value is -3.43. The summed E-state index contributed by atoms with van der Waals surface area (Å²) in [5, 5.41) is 4.56. The molecule has 4 rings (SSSR count). The number of anilines is 1. The molecule has 1 aromatic carbocycles. The summed E-state index contributed by atoms with van der Waals surface area (Å²) in [6, 6.07) is 0.785. The summed E-state index contributed by atoms with van der Waals surface area (Å²) in [5.41, 5.74) is 8.32. The molecule has 1 aliphatic rings. The number of amides is 2. The average Bonchev–Trinajstić information content (AvgIpc) is 3.36. The van der Waals surface area contributed by atoms with E-state index in [1.807, 2.05) is 18.7 Å². The highest BCUT2D eigenvalue weighted by Gasteiger charge is 2.31. The molecule has 3 aromatic rings. The minimum Gasteiger partial charge on any atom is -0.367 e. The van der Waals surface area contributed by atoms with E-state index in [1.165, 1.54) is 23.4 Å². The van der Waals surface area contributed by atoms with E-state index in [0.717, 1.165) is 24.1 Å². The van der Waals surface area contributed by atoms with Gasteiger partial charge in [-0.2, -0.15) is 9.78 Å². The normalized spacial score (nSPS) is 16.8. The third-order valence-electron chi connectivity index (χ3n) is 5.95. The number of aromatic nitrogens is 4. The van der Waals surface area contributed by atoms with Crippen molar-refractivity contribution in [2.24, 2.45) is 5.73 Å². The summed E-state index contributed by atoms with van der Waals surface area (Å²) in [4.78, 5) is 35.1. The number of carbonyl (C=O) groups excluding carboxylic acids is 2. The molecule has 158 valence electrons. The second-order valence-corrected chi connectivity index (χ2v) is 7.72. The molecular formula is C20H24FN7O2. The molecule has 0 aliphatic carbocycles. The van der Waals surface area contributed by atoms with Crippen LogP contribution in [0, 0.1) is 19.7 Å². The van der Waals surface area contributed by atoms with Crippen LogP contribution < -0.4 is 10.6 Å². The second kappa shape index (κ2) is 7.43. The van der Waals surface area contributed by atoms with Crippen LogP contribution in [-0.2, 0) is 0 Å². The monoisotopic (exact) mass is 413 g/mol. The predicted molar refractivity (Wildman–Crippen MR) is 110 cm³/mol. The van der Waals surface area contributed by atoms with Crippen molar-refractivity contribution in [3.8, 4) is 0 Å². The van der Waals surface area contributed by atoms with E-state index in [0.29, 0.717) is 29.7 Å². The summed E-state index contributed by atoms with van der Waals surface area (Å²) in [6.07, 6.45) is 4.25. The zero-order valence-electron chi connectivity index (χ0n) is 17.1. The maximum absolute atomic E-state index is 15.3. The van der Waals surface area contributed by atoms with Gasteiger partial charge in [0.05, 0.1) is 22.8 Å². The number of H-pyrrole nitrogens is 1. The van der Waals surface area contributed by atoms with Gasteiger partial charge >= 0.3 is 6.03 Å². The van der Waals surface area contributed by atoms with E-state index in [2.05, 4.69) is 15.1 Å². The SMILES string of the molecule is Cc1[nH]c2c(C(N)=O)cc(F)c(N3CCCC(N(C)C(=O)n4cncn4)C3)c2c1C. The number of halogens is 1. The molecule has 2 aromatic heterocycles. The number of aryl methyl sites for hydroxylation is 2. The van der Waals surface area contributed by atoms with Gasteiger partial charge in [-0.05, 0) is 38.3 Å². The van der Waals surface area contributed by atoms with Gasteiger partial charge in [0.1, 0.15) is 18.5 Å². The third kappa shape index (κ3) is 3.17. The number of nitrogens with two attached hydrogens (primary N) is 1. The molecular weight excluding hydrogens is 389 g/mol. The van der Waals surface area contributed by atoms with Gasteiger partial charge in [0.25, 0.3) is 5.91 Å². The Morgan fingerprint density at radius 2 is 2.13 bits per heavy atom. The maximum Gasteiger partial charge on any atom is 0.346 e. The van der Waals surface area contributed by atoms with Gasteiger partial charge in [0.2, 0.25) is 0 Å². The van der Waals surface area contributed by atoms with Crippen LogP contribution in [0.3, 0.4) is 0 Å². The number of nitrogens with zero attached hydrogens (tertiary/aromatic N) is 5. The molecule has 1 unspecified atom stereocenters. The largest absolute Gasteiger partial charge is 0.367 e. The minimum atomic E-state index is -0.679. The van der Waals surface area contributed by atoms with Gasteiger partial charge in [0, 0.05) is 31.2 Å². The highest BCUT2D eigenvalue weighted by molar-refractivity contribution is 6.10. The fourth-order valence-corrected chi connectivity index (χ4v) is 4.21. The Labute approximate surface area is 172 Å².